The molecule has 0 radical (unpaired) electrons. The summed E-state index contributed by atoms with van der Waals surface area (Å²) >= 11 is 0. The van der Waals surface area contributed by atoms with Crippen LogP contribution in [0.5, 0.6) is 0 Å². The molecule has 6 rings (SSSR count). The van der Waals surface area contributed by atoms with Gasteiger partial charge in [0.05, 0.1) is 30.4 Å². The Hall–Kier alpha value is -1.87. The van der Waals surface area contributed by atoms with Crippen molar-refractivity contribution >= 4 is 11.8 Å². The number of alkyl halides is 3. The summed E-state index contributed by atoms with van der Waals surface area (Å²) in [5.41, 5.74) is 3.93. The summed E-state index contributed by atoms with van der Waals surface area (Å²) in [5.74, 6) is -0.712. The minimum Gasteiger partial charge on any atom is -0.393 e. The van der Waals surface area contributed by atoms with Crippen LogP contribution in [0.3, 0.4) is 0 Å². The normalized spacial score (nSPS) is 44.5. The molecule has 4 aliphatic carbocycles. The van der Waals surface area contributed by atoms with Crippen molar-refractivity contribution < 1.29 is 32.6 Å². The lowest BCUT2D eigenvalue weighted by Gasteiger charge is -2.49. The average molecular weight is 565 g/mol. The largest absolute Gasteiger partial charge is 0.471 e. The molecule has 0 aromatic heterocycles. The Balaban J connectivity index is 1.26. The Morgan fingerprint density at radius 2 is 1.95 bits per heavy atom. The predicted molar refractivity (Wildman–Crippen MR) is 143 cm³/mol. The summed E-state index contributed by atoms with van der Waals surface area (Å²) in [4.78, 5) is 26.3. The number of carbonyl (C=O) groups is 2. The predicted octanol–water partition coefficient (Wildman–Crippen LogP) is 4.92. The third-order valence-electron chi connectivity index (χ3n) is 12.0. The van der Waals surface area contributed by atoms with Crippen LogP contribution < -0.4 is 5.32 Å². The molecule has 2 amide bonds. The van der Waals surface area contributed by atoms with Gasteiger partial charge in [0.2, 0.25) is 5.91 Å². The maximum atomic E-state index is 13.2. The summed E-state index contributed by atoms with van der Waals surface area (Å²) in [6.07, 6.45) is 4.56. The Morgan fingerprint density at radius 3 is 2.67 bits per heavy atom. The molecule has 222 valence electrons. The van der Waals surface area contributed by atoms with E-state index in [1.807, 2.05) is 6.92 Å². The zero-order chi connectivity index (χ0) is 28.8. The monoisotopic (exact) mass is 564 g/mol. The Morgan fingerprint density at radius 1 is 1.20 bits per heavy atom. The van der Waals surface area contributed by atoms with Gasteiger partial charge in [-0.25, -0.2) is 0 Å². The van der Waals surface area contributed by atoms with Crippen molar-refractivity contribution in [1.29, 1.82) is 0 Å². The molecule has 2 saturated heterocycles. The van der Waals surface area contributed by atoms with Crippen LogP contribution in [0.2, 0.25) is 0 Å². The van der Waals surface area contributed by atoms with Gasteiger partial charge < -0.3 is 20.1 Å². The molecule has 10 atom stereocenters. The number of halogens is 3. The Labute approximate surface area is 234 Å². The summed E-state index contributed by atoms with van der Waals surface area (Å²) < 4.78 is 45.2. The standard InChI is InChI=1S/C31H43F3N2O4/c1-16-11-25-27(36(15-16)26(38)14-35-28(39)31(32,33)34)18(3)30(40-25)10-8-21-22-6-5-19-12-20(37)7-9-29(19,4)24(22)13-23(21)17(30)2/h5,16,18,20-22,24-25,27,37H,6-15H2,1-4H3,(H,35,39)/t16-,18+,20-,21-,22-,24-,25+,27-,29-,30-/m0/s1. The SMILES string of the molecule is CC1=C2C[C@H]3[C@@H](CC=C4C[C@@H](O)CC[C@@]43C)[C@@H]2CC[C@]12O[C@@H]1C[C@H](C)CN(C(=O)CNC(=O)C(F)(F)F)[C@H]1[C@H]2C. The molecule has 0 aromatic rings. The maximum absolute atomic E-state index is 13.2. The highest BCUT2D eigenvalue weighted by Crippen LogP contribution is 2.65. The van der Waals surface area contributed by atoms with Crippen LogP contribution in [0, 0.1) is 35.0 Å². The second kappa shape index (κ2) is 9.58. The Kier molecular flexibility index (Phi) is 6.77. The van der Waals surface area contributed by atoms with E-state index in [1.54, 1.807) is 10.2 Å². The van der Waals surface area contributed by atoms with Gasteiger partial charge in [0, 0.05) is 12.5 Å². The molecule has 1 spiro atoms. The van der Waals surface area contributed by atoms with Crippen LogP contribution >= 0.6 is 0 Å². The first-order valence-corrected chi connectivity index (χ1v) is 15.2. The topological polar surface area (TPSA) is 78.9 Å². The fourth-order valence-electron chi connectivity index (χ4n) is 9.96. The second-order valence-electron chi connectivity index (χ2n) is 13.9. The first-order chi connectivity index (χ1) is 18.8. The highest BCUT2D eigenvalue weighted by Gasteiger charge is 2.62. The third kappa shape index (κ3) is 4.19. The lowest BCUT2D eigenvalue weighted by atomic mass is 9.56. The molecule has 2 heterocycles. The number of aliphatic hydroxyl groups is 1. The fourth-order valence-corrected chi connectivity index (χ4v) is 9.96. The van der Waals surface area contributed by atoms with Crippen molar-refractivity contribution in [2.45, 2.75) is 109 Å². The second-order valence-corrected chi connectivity index (χ2v) is 13.9. The number of carbonyl (C=O) groups excluding carboxylic acids is 2. The van der Waals surface area contributed by atoms with Gasteiger partial charge >= 0.3 is 12.1 Å². The number of rotatable bonds is 2. The van der Waals surface area contributed by atoms with Gasteiger partial charge in [-0.3, -0.25) is 9.59 Å². The number of hydrogen-bond donors (Lipinski definition) is 2. The molecular formula is C31H43F3N2O4. The lowest BCUT2D eigenvalue weighted by molar-refractivity contribution is -0.174. The van der Waals surface area contributed by atoms with Crippen molar-refractivity contribution in [2.75, 3.05) is 13.1 Å². The summed E-state index contributed by atoms with van der Waals surface area (Å²) in [5, 5.41) is 12.1. The number of ether oxygens (including phenoxy) is 1. The first-order valence-electron chi connectivity index (χ1n) is 15.2. The molecular weight excluding hydrogens is 521 g/mol. The molecule has 40 heavy (non-hydrogen) atoms. The van der Waals surface area contributed by atoms with Crippen LogP contribution in [0.4, 0.5) is 13.2 Å². The van der Waals surface area contributed by atoms with Crippen molar-refractivity contribution in [3.63, 3.8) is 0 Å². The van der Waals surface area contributed by atoms with Gasteiger partial charge in [-0.15, -0.1) is 0 Å². The van der Waals surface area contributed by atoms with Gasteiger partial charge in [-0.05, 0) is 93.0 Å². The summed E-state index contributed by atoms with van der Waals surface area (Å²) in [6.45, 7) is 8.61. The molecule has 0 aromatic carbocycles. The van der Waals surface area contributed by atoms with Gasteiger partial charge in [-0.1, -0.05) is 38.0 Å². The number of aliphatic hydroxyl groups excluding tert-OH is 1. The molecule has 4 fully saturated rings. The lowest BCUT2D eigenvalue weighted by Crippen LogP contribution is -2.57. The molecule has 2 N–H and O–H groups in total. The van der Waals surface area contributed by atoms with E-state index < -0.39 is 30.1 Å². The highest BCUT2D eigenvalue weighted by atomic mass is 19.4. The molecule has 2 aliphatic heterocycles. The van der Waals surface area contributed by atoms with E-state index in [9.17, 15) is 27.9 Å². The molecule has 9 heteroatoms. The van der Waals surface area contributed by atoms with Crippen molar-refractivity contribution in [3.05, 3.63) is 22.8 Å². The zero-order valence-electron chi connectivity index (χ0n) is 24.0. The smallest absolute Gasteiger partial charge is 0.393 e. The molecule has 2 saturated carbocycles. The zero-order valence-corrected chi connectivity index (χ0v) is 24.0. The summed E-state index contributed by atoms with van der Waals surface area (Å²) in [6, 6.07) is -0.229. The van der Waals surface area contributed by atoms with Gasteiger partial charge in [0.15, 0.2) is 0 Å². The van der Waals surface area contributed by atoms with Gasteiger partial charge in [-0.2, -0.15) is 13.2 Å². The number of amides is 2. The number of nitrogens with zero attached hydrogens (tertiary/aromatic N) is 1. The number of allylic oxidation sites excluding steroid dienone is 2. The van der Waals surface area contributed by atoms with E-state index in [1.165, 1.54) is 16.7 Å². The van der Waals surface area contributed by atoms with Gasteiger partial charge in [0.1, 0.15) is 0 Å². The fraction of sp³-hybridized carbons (Fsp3) is 0.806. The van der Waals surface area contributed by atoms with E-state index in [-0.39, 0.29) is 35.5 Å². The molecule has 6 nitrogen and oxygen atoms in total. The Bertz CT molecular complexity index is 1150. The van der Waals surface area contributed by atoms with E-state index in [4.69, 9.17) is 4.74 Å². The minimum atomic E-state index is -5.02. The molecule has 0 unspecified atom stereocenters. The van der Waals surface area contributed by atoms with Crippen LogP contribution in [-0.2, 0) is 14.3 Å². The van der Waals surface area contributed by atoms with Crippen molar-refractivity contribution in [3.8, 4) is 0 Å². The van der Waals surface area contributed by atoms with Crippen LogP contribution in [0.15, 0.2) is 22.8 Å². The average Bonchev–Trinajstić information content (AvgIpc) is 3.41. The summed E-state index contributed by atoms with van der Waals surface area (Å²) in [7, 11) is 0. The maximum Gasteiger partial charge on any atom is 0.471 e. The number of piperidine rings is 1. The number of hydrogen-bond acceptors (Lipinski definition) is 4. The first kappa shape index (κ1) is 28.3. The van der Waals surface area contributed by atoms with E-state index in [0.29, 0.717) is 24.3 Å². The number of fused-ring (bicyclic) bond motifs is 6. The van der Waals surface area contributed by atoms with Crippen molar-refractivity contribution in [2.24, 2.45) is 35.0 Å². The van der Waals surface area contributed by atoms with Gasteiger partial charge in [0.25, 0.3) is 0 Å². The number of nitrogens with one attached hydrogen (secondary N) is 1. The van der Waals surface area contributed by atoms with E-state index in [2.05, 4.69) is 26.8 Å². The van der Waals surface area contributed by atoms with Crippen LogP contribution in [0.1, 0.15) is 79.1 Å². The van der Waals surface area contributed by atoms with Crippen molar-refractivity contribution in [1.82, 2.24) is 10.2 Å². The quantitative estimate of drug-likeness (QED) is 0.467. The highest BCUT2D eigenvalue weighted by molar-refractivity contribution is 5.87. The van der Waals surface area contributed by atoms with E-state index in [0.717, 1.165) is 51.4 Å². The number of likely N-dealkylation sites (tertiary alicyclic amines) is 1. The van der Waals surface area contributed by atoms with Crippen LogP contribution in [-0.4, -0.2) is 64.9 Å². The molecule has 6 aliphatic rings. The van der Waals surface area contributed by atoms with E-state index >= 15 is 0 Å². The molecule has 0 bridgehead atoms. The van der Waals surface area contributed by atoms with Crippen LogP contribution in [0.25, 0.3) is 0 Å². The minimum absolute atomic E-state index is 0.00236. The third-order valence-corrected chi connectivity index (χ3v) is 12.0.